The molecule has 1 aromatic rings. The van der Waals surface area contributed by atoms with Crippen molar-refractivity contribution in [3.8, 4) is 0 Å². The summed E-state index contributed by atoms with van der Waals surface area (Å²) in [7, 11) is 0. The van der Waals surface area contributed by atoms with Crippen LogP contribution in [0.15, 0.2) is 48.6 Å². The van der Waals surface area contributed by atoms with Crippen molar-refractivity contribution in [3.63, 3.8) is 0 Å². The van der Waals surface area contributed by atoms with Crippen LogP contribution in [0.1, 0.15) is 60.2 Å². The molecule has 0 amide bonds. The average molecular weight is 330 g/mol. The predicted octanol–water partition coefficient (Wildman–Crippen LogP) is 4.71. The van der Waals surface area contributed by atoms with Gasteiger partial charge in [-0.05, 0) is 63.8 Å². The van der Waals surface area contributed by atoms with Gasteiger partial charge in [0.25, 0.3) is 0 Å². The topological polar surface area (TPSA) is 52.6 Å². The summed E-state index contributed by atoms with van der Waals surface area (Å²) in [5.41, 5.74) is 0.872. The van der Waals surface area contributed by atoms with E-state index < -0.39 is 0 Å². The van der Waals surface area contributed by atoms with Crippen LogP contribution in [0.25, 0.3) is 0 Å². The highest BCUT2D eigenvalue weighted by Gasteiger charge is 2.10. The van der Waals surface area contributed by atoms with Gasteiger partial charge >= 0.3 is 11.9 Å². The molecule has 4 heteroatoms. The molecule has 0 unspecified atom stereocenters. The zero-order valence-corrected chi connectivity index (χ0v) is 14.5. The summed E-state index contributed by atoms with van der Waals surface area (Å²) in [4.78, 5) is 23.7. The number of benzene rings is 1. The first-order valence-electron chi connectivity index (χ1n) is 8.35. The summed E-state index contributed by atoms with van der Waals surface area (Å²) in [6.07, 6.45) is 11.4. The van der Waals surface area contributed by atoms with Gasteiger partial charge in [0.05, 0.1) is 24.3 Å². The van der Waals surface area contributed by atoms with Crippen molar-refractivity contribution in [3.05, 3.63) is 59.7 Å². The number of carbonyl (C=O) groups is 2. The largest absolute Gasteiger partial charge is 0.462 e. The molecule has 0 fully saturated rings. The van der Waals surface area contributed by atoms with Crippen molar-refractivity contribution in [2.75, 3.05) is 13.2 Å². The second-order valence-corrected chi connectivity index (χ2v) is 5.27. The molecule has 0 aliphatic rings. The van der Waals surface area contributed by atoms with Gasteiger partial charge in [-0.1, -0.05) is 24.3 Å². The Balaban J connectivity index is 2.38. The highest BCUT2D eigenvalue weighted by molar-refractivity contribution is 5.93. The van der Waals surface area contributed by atoms with Gasteiger partial charge in [-0.3, -0.25) is 0 Å². The molecule has 24 heavy (non-hydrogen) atoms. The fraction of sp³-hybridized carbons (Fsp3) is 0.400. The number of esters is 2. The summed E-state index contributed by atoms with van der Waals surface area (Å²) in [5, 5.41) is 0. The average Bonchev–Trinajstić information content (AvgIpc) is 2.61. The second kappa shape index (κ2) is 12.1. The minimum atomic E-state index is -0.373. The van der Waals surface area contributed by atoms with Crippen LogP contribution in [0.2, 0.25) is 0 Å². The van der Waals surface area contributed by atoms with Crippen molar-refractivity contribution < 1.29 is 19.1 Å². The van der Waals surface area contributed by atoms with Gasteiger partial charge in [-0.25, -0.2) is 9.59 Å². The number of ether oxygens (including phenoxy) is 2. The third-order valence-electron chi connectivity index (χ3n) is 3.32. The van der Waals surface area contributed by atoms with E-state index in [1.807, 2.05) is 38.2 Å². The Hall–Kier alpha value is -2.36. The molecule has 0 radical (unpaired) electrons. The Morgan fingerprint density at radius 3 is 1.50 bits per heavy atom. The molecule has 0 aliphatic heterocycles. The van der Waals surface area contributed by atoms with E-state index in [1.54, 1.807) is 24.3 Å². The number of carbonyl (C=O) groups excluding carboxylic acids is 2. The lowest BCUT2D eigenvalue weighted by atomic mass is 10.1. The summed E-state index contributed by atoms with van der Waals surface area (Å²) in [6, 6.07) is 6.35. The lowest BCUT2D eigenvalue weighted by Crippen LogP contribution is -2.09. The van der Waals surface area contributed by atoms with Crippen LogP contribution in [0.4, 0.5) is 0 Å². The Morgan fingerprint density at radius 2 is 1.17 bits per heavy atom. The van der Waals surface area contributed by atoms with E-state index >= 15 is 0 Å². The lowest BCUT2D eigenvalue weighted by molar-refractivity contribution is 0.0487. The van der Waals surface area contributed by atoms with Gasteiger partial charge in [-0.15, -0.1) is 0 Å². The molecule has 0 heterocycles. The summed E-state index contributed by atoms with van der Waals surface area (Å²) >= 11 is 0. The normalized spacial score (nSPS) is 11.1. The summed E-state index contributed by atoms with van der Waals surface area (Å²) < 4.78 is 10.4. The molecular formula is C20H26O4. The van der Waals surface area contributed by atoms with Crippen LogP contribution in [0.5, 0.6) is 0 Å². The zero-order chi connectivity index (χ0) is 17.6. The molecule has 0 atom stereocenters. The van der Waals surface area contributed by atoms with E-state index in [0.717, 1.165) is 25.7 Å². The van der Waals surface area contributed by atoms with E-state index in [0.29, 0.717) is 24.3 Å². The van der Waals surface area contributed by atoms with Gasteiger partial charge in [-0.2, -0.15) is 0 Å². The van der Waals surface area contributed by atoms with Crippen LogP contribution in [0, 0.1) is 0 Å². The lowest BCUT2D eigenvalue weighted by Gasteiger charge is -2.06. The van der Waals surface area contributed by atoms with Crippen molar-refractivity contribution in [2.45, 2.75) is 39.5 Å². The monoisotopic (exact) mass is 330 g/mol. The van der Waals surface area contributed by atoms with E-state index in [9.17, 15) is 9.59 Å². The van der Waals surface area contributed by atoms with Crippen LogP contribution < -0.4 is 0 Å². The highest BCUT2D eigenvalue weighted by atomic mass is 16.5. The fourth-order valence-electron chi connectivity index (χ4n) is 1.97. The minimum absolute atomic E-state index is 0.373. The third-order valence-corrected chi connectivity index (χ3v) is 3.32. The first kappa shape index (κ1) is 19.7. The molecule has 1 rings (SSSR count). The molecule has 0 saturated heterocycles. The van der Waals surface area contributed by atoms with Crippen LogP contribution in [0.3, 0.4) is 0 Å². The molecule has 0 bridgehead atoms. The molecule has 0 saturated carbocycles. The number of hydrogen-bond donors (Lipinski definition) is 0. The Labute approximate surface area is 144 Å². The molecule has 1 aromatic carbocycles. The SMILES string of the molecule is C/C=C\CCCOC(=O)c1ccc(C(=O)OCCC/C=C\C)cc1. The number of allylic oxidation sites excluding steroid dienone is 4. The molecule has 0 spiro atoms. The molecule has 130 valence electrons. The summed E-state index contributed by atoms with van der Waals surface area (Å²) in [6.45, 7) is 4.69. The van der Waals surface area contributed by atoms with Crippen molar-refractivity contribution in [1.82, 2.24) is 0 Å². The smallest absolute Gasteiger partial charge is 0.338 e. The first-order chi connectivity index (χ1) is 11.7. The van der Waals surface area contributed by atoms with E-state index in [1.165, 1.54) is 0 Å². The summed E-state index contributed by atoms with van der Waals surface area (Å²) in [5.74, 6) is -0.747. The van der Waals surface area contributed by atoms with E-state index in [-0.39, 0.29) is 11.9 Å². The van der Waals surface area contributed by atoms with Crippen molar-refractivity contribution >= 4 is 11.9 Å². The molecule has 4 nitrogen and oxygen atoms in total. The van der Waals surface area contributed by atoms with Gasteiger partial charge in [0.2, 0.25) is 0 Å². The fourth-order valence-corrected chi connectivity index (χ4v) is 1.97. The standard InChI is InChI=1S/C20H26O4/c1-3-5-7-9-15-23-19(21)17-11-13-18(14-12-17)20(22)24-16-10-8-6-4-2/h3-6,11-14H,7-10,15-16H2,1-2H3/b5-3-,6-4-. The van der Waals surface area contributed by atoms with Gasteiger partial charge in [0, 0.05) is 0 Å². The molecule has 0 aromatic heterocycles. The number of unbranched alkanes of at least 4 members (excludes halogenated alkanes) is 2. The van der Waals surface area contributed by atoms with Crippen LogP contribution in [-0.4, -0.2) is 25.2 Å². The van der Waals surface area contributed by atoms with Crippen LogP contribution in [-0.2, 0) is 9.47 Å². The second-order valence-electron chi connectivity index (χ2n) is 5.27. The Morgan fingerprint density at radius 1 is 0.792 bits per heavy atom. The maximum absolute atomic E-state index is 11.9. The maximum atomic E-state index is 11.9. The van der Waals surface area contributed by atoms with Crippen molar-refractivity contribution in [1.29, 1.82) is 0 Å². The zero-order valence-electron chi connectivity index (χ0n) is 14.5. The predicted molar refractivity (Wildman–Crippen MR) is 95.1 cm³/mol. The van der Waals surface area contributed by atoms with E-state index in [4.69, 9.17) is 9.47 Å². The van der Waals surface area contributed by atoms with Gasteiger partial charge in [0.15, 0.2) is 0 Å². The first-order valence-corrected chi connectivity index (χ1v) is 8.35. The molecular weight excluding hydrogens is 304 g/mol. The Bertz CT molecular complexity index is 505. The molecule has 0 N–H and O–H groups in total. The van der Waals surface area contributed by atoms with E-state index in [2.05, 4.69) is 0 Å². The highest BCUT2D eigenvalue weighted by Crippen LogP contribution is 2.08. The van der Waals surface area contributed by atoms with Gasteiger partial charge < -0.3 is 9.47 Å². The van der Waals surface area contributed by atoms with Crippen LogP contribution >= 0.6 is 0 Å². The maximum Gasteiger partial charge on any atom is 0.338 e. The third kappa shape index (κ3) is 7.77. The van der Waals surface area contributed by atoms with Crippen molar-refractivity contribution in [2.24, 2.45) is 0 Å². The van der Waals surface area contributed by atoms with Gasteiger partial charge in [0.1, 0.15) is 0 Å². The Kier molecular flexibility index (Phi) is 9.93. The number of hydrogen-bond acceptors (Lipinski definition) is 4. The minimum Gasteiger partial charge on any atom is -0.462 e. The number of rotatable bonds is 10. The quantitative estimate of drug-likeness (QED) is 0.354. The molecule has 0 aliphatic carbocycles.